The highest BCUT2D eigenvalue weighted by atomic mass is 19.1. The molecule has 2 amide bonds. The van der Waals surface area contributed by atoms with Crippen molar-refractivity contribution in [1.82, 2.24) is 4.98 Å². The number of methoxy groups -OCH3 is 1. The standard InChI is InChI=1S/C33H30FN3O11/c1-45-23-14-20-21(15-24(23)47-30-27(40)25(38)26(39)28(48-30)29(41)42)35-13-10-22(20)46-19-8-6-18(7-9-19)37-32(44)33(11-12-33)31(43)36-17-4-2-16(34)3-5-17/h2-10,13-15,25-28,30,38-40H,11-12H2,1H3,(H,36,43)(H,37,44)(H,41,42)/t25-,26-,27+,28-,30+/m0/s1. The maximum Gasteiger partial charge on any atom is 0.335 e. The van der Waals surface area contributed by atoms with Crippen LogP contribution >= 0.6 is 0 Å². The molecule has 2 heterocycles. The molecule has 1 aliphatic carbocycles. The van der Waals surface area contributed by atoms with E-state index < -0.39 is 59.7 Å². The first-order valence-corrected chi connectivity index (χ1v) is 14.7. The smallest absolute Gasteiger partial charge is 0.335 e. The third-order valence-electron chi connectivity index (χ3n) is 8.10. The molecule has 2 fully saturated rings. The van der Waals surface area contributed by atoms with Gasteiger partial charge >= 0.3 is 5.97 Å². The third-order valence-corrected chi connectivity index (χ3v) is 8.10. The fourth-order valence-electron chi connectivity index (χ4n) is 5.19. The first-order valence-electron chi connectivity index (χ1n) is 14.7. The lowest BCUT2D eigenvalue weighted by molar-refractivity contribution is -0.271. The van der Waals surface area contributed by atoms with Crippen molar-refractivity contribution < 1.29 is 58.1 Å². The first kappa shape index (κ1) is 32.6. The lowest BCUT2D eigenvalue weighted by atomic mass is 9.99. The Hall–Kier alpha value is -5.35. The minimum Gasteiger partial charge on any atom is -0.493 e. The molecule has 0 spiro atoms. The number of carboxylic acid groups (broad SMARTS) is 1. The van der Waals surface area contributed by atoms with Crippen molar-refractivity contribution in [3.8, 4) is 23.0 Å². The fourth-order valence-corrected chi connectivity index (χ4v) is 5.19. The van der Waals surface area contributed by atoms with E-state index in [2.05, 4.69) is 15.6 Å². The topological polar surface area (TPSA) is 206 Å². The number of anilines is 2. The molecule has 1 aliphatic heterocycles. The Morgan fingerprint density at radius 2 is 1.48 bits per heavy atom. The SMILES string of the molecule is COc1cc2c(Oc3ccc(NC(=O)C4(C(=O)Nc5ccc(F)cc5)CC4)cc3)ccnc2cc1O[C@@H]1O[C@H](C(=O)O)[C@@H](O)[C@H](O)[C@H]1O. The van der Waals surface area contributed by atoms with Gasteiger partial charge in [-0.25, -0.2) is 9.18 Å². The number of carbonyl (C=O) groups excluding carboxylic acids is 2. The molecule has 0 bridgehead atoms. The number of aliphatic hydroxyl groups excluding tert-OH is 3. The molecule has 0 radical (unpaired) electrons. The van der Waals surface area contributed by atoms with Gasteiger partial charge in [-0.15, -0.1) is 0 Å². The molecule has 48 heavy (non-hydrogen) atoms. The summed E-state index contributed by atoms with van der Waals surface area (Å²) >= 11 is 0. The highest BCUT2D eigenvalue weighted by molar-refractivity contribution is 6.16. The summed E-state index contributed by atoms with van der Waals surface area (Å²) in [4.78, 5) is 41.7. The Morgan fingerprint density at radius 3 is 2.06 bits per heavy atom. The highest BCUT2D eigenvalue weighted by Crippen LogP contribution is 2.47. The number of fused-ring (bicyclic) bond motifs is 1. The van der Waals surface area contributed by atoms with Crippen LogP contribution in [0.3, 0.4) is 0 Å². The van der Waals surface area contributed by atoms with Gasteiger partial charge in [-0.2, -0.15) is 0 Å². The zero-order valence-corrected chi connectivity index (χ0v) is 25.2. The van der Waals surface area contributed by atoms with E-state index in [1.807, 2.05) is 0 Å². The van der Waals surface area contributed by atoms with Gasteiger partial charge in [-0.1, -0.05) is 0 Å². The molecule has 14 nitrogen and oxygen atoms in total. The van der Waals surface area contributed by atoms with Crippen LogP contribution in [-0.2, 0) is 19.1 Å². The molecule has 3 aromatic carbocycles. The summed E-state index contributed by atoms with van der Waals surface area (Å²) in [5, 5.41) is 45.7. The second-order valence-corrected chi connectivity index (χ2v) is 11.3. The predicted octanol–water partition coefficient (Wildman–Crippen LogP) is 2.80. The Morgan fingerprint density at radius 1 is 0.854 bits per heavy atom. The average molecular weight is 664 g/mol. The van der Waals surface area contributed by atoms with Crippen LogP contribution in [0.5, 0.6) is 23.0 Å². The van der Waals surface area contributed by atoms with E-state index >= 15 is 0 Å². The van der Waals surface area contributed by atoms with Crippen LogP contribution < -0.4 is 24.8 Å². The summed E-state index contributed by atoms with van der Waals surface area (Å²) < 4.78 is 35.6. The van der Waals surface area contributed by atoms with Gasteiger partial charge in [0.1, 0.15) is 41.0 Å². The van der Waals surface area contributed by atoms with E-state index in [0.29, 0.717) is 46.6 Å². The van der Waals surface area contributed by atoms with E-state index in [4.69, 9.17) is 18.9 Å². The quantitative estimate of drug-likeness (QED) is 0.136. The molecule has 6 N–H and O–H groups in total. The van der Waals surface area contributed by atoms with E-state index in [9.17, 15) is 39.2 Å². The number of nitrogens with one attached hydrogen (secondary N) is 2. The molecule has 2 aliphatic rings. The summed E-state index contributed by atoms with van der Waals surface area (Å²) in [6.45, 7) is 0. The number of aliphatic hydroxyl groups is 3. The molecule has 6 rings (SSSR count). The van der Waals surface area contributed by atoms with Crippen LogP contribution in [0.25, 0.3) is 10.9 Å². The van der Waals surface area contributed by atoms with E-state index in [1.54, 1.807) is 36.4 Å². The monoisotopic (exact) mass is 663 g/mol. The number of carboxylic acids is 1. The number of hydrogen-bond acceptors (Lipinski definition) is 11. The minimum absolute atomic E-state index is 0.00584. The van der Waals surface area contributed by atoms with Crippen LogP contribution in [-0.4, -0.2) is 81.0 Å². The molecule has 1 saturated heterocycles. The van der Waals surface area contributed by atoms with Crippen LogP contribution in [0.15, 0.2) is 72.9 Å². The van der Waals surface area contributed by atoms with Gasteiger partial charge in [0.25, 0.3) is 0 Å². The summed E-state index contributed by atoms with van der Waals surface area (Å²) in [6, 6.07) is 16.3. The summed E-state index contributed by atoms with van der Waals surface area (Å²) in [5.74, 6) is -2.00. The molecular formula is C33H30FN3O11. The number of benzene rings is 3. The number of pyridine rings is 1. The molecule has 15 heteroatoms. The Balaban J connectivity index is 1.14. The maximum absolute atomic E-state index is 13.2. The molecular weight excluding hydrogens is 633 g/mol. The summed E-state index contributed by atoms with van der Waals surface area (Å²) in [6.07, 6.45) is -6.79. The van der Waals surface area contributed by atoms with Crippen molar-refractivity contribution in [2.45, 2.75) is 43.5 Å². The number of hydrogen-bond donors (Lipinski definition) is 6. The summed E-state index contributed by atoms with van der Waals surface area (Å²) in [7, 11) is 1.35. The van der Waals surface area contributed by atoms with Gasteiger partial charge < -0.3 is 50.0 Å². The van der Waals surface area contributed by atoms with Crippen molar-refractivity contribution in [3.63, 3.8) is 0 Å². The molecule has 4 aromatic rings. The van der Waals surface area contributed by atoms with Crippen molar-refractivity contribution >= 4 is 40.1 Å². The second kappa shape index (κ2) is 13.0. The number of amides is 2. The Kier molecular flexibility index (Phi) is 8.85. The highest BCUT2D eigenvalue weighted by Gasteiger charge is 2.56. The lowest BCUT2D eigenvalue weighted by Gasteiger charge is -2.38. The molecule has 5 atom stereocenters. The van der Waals surface area contributed by atoms with Crippen LogP contribution in [0, 0.1) is 11.2 Å². The van der Waals surface area contributed by atoms with Gasteiger partial charge in [0.15, 0.2) is 17.6 Å². The van der Waals surface area contributed by atoms with Gasteiger partial charge in [0.05, 0.1) is 12.6 Å². The molecule has 250 valence electrons. The minimum atomic E-state index is -1.88. The number of halogens is 1. The number of aromatic nitrogens is 1. The largest absolute Gasteiger partial charge is 0.493 e. The normalized spacial score (nSPS) is 22.7. The van der Waals surface area contributed by atoms with Crippen LogP contribution in [0.4, 0.5) is 15.8 Å². The van der Waals surface area contributed by atoms with E-state index in [0.717, 1.165) is 0 Å². The van der Waals surface area contributed by atoms with Crippen molar-refractivity contribution in [1.29, 1.82) is 0 Å². The first-order chi connectivity index (χ1) is 23.0. The van der Waals surface area contributed by atoms with Crippen molar-refractivity contribution in [2.75, 3.05) is 17.7 Å². The number of carbonyl (C=O) groups is 3. The second-order valence-electron chi connectivity index (χ2n) is 11.3. The summed E-state index contributed by atoms with van der Waals surface area (Å²) in [5.41, 5.74) is -0.0347. The zero-order chi connectivity index (χ0) is 34.2. The molecule has 1 saturated carbocycles. The van der Waals surface area contributed by atoms with Gasteiger partial charge in [-0.3, -0.25) is 14.6 Å². The molecule has 0 unspecified atom stereocenters. The van der Waals surface area contributed by atoms with Gasteiger partial charge in [0, 0.05) is 29.0 Å². The van der Waals surface area contributed by atoms with E-state index in [-0.39, 0.29) is 11.5 Å². The molecule has 1 aromatic heterocycles. The van der Waals surface area contributed by atoms with Gasteiger partial charge in [-0.05, 0) is 73.5 Å². The predicted molar refractivity (Wildman–Crippen MR) is 165 cm³/mol. The van der Waals surface area contributed by atoms with Gasteiger partial charge in [0.2, 0.25) is 18.1 Å². The van der Waals surface area contributed by atoms with E-state index in [1.165, 1.54) is 43.6 Å². The fraction of sp³-hybridized carbons (Fsp3) is 0.273. The zero-order valence-electron chi connectivity index (χ0n) is 25.2. The number of aliphatic carboxylic acids is 1. The van der Waals surface area contributed by atoms with Crippen LogP contribution in [0.1, 0.15) is 12.8 Å². The Labute approximate surface area is 271 Å². The lowest BCUT2D eigenvalue weighted by Crippen LogP contribution is -2.61. The maximum atomic E-state index is 13.2. The van der Waals surface area contributed by atoms with Crippen molar-refractivity contribution in [2.24, 2.45) is 5.41 Å². The van der Waals surface area contributed by atoms with Crippen molar-refractivity contribution in [3.05, 3.63) is 78.7 Å². The third kappa shape index (κ3) is 6.44. The average Bonchev–Trinajstić information content (AvgIpc) is 3.89. The Bertz CT molecular complexity index is 1850. The number of ether oxygens (including phenoxy) is 4. The van der Waals surface area contributed by atoms with Crippen LogP contribution in [0.2, 0.25) is 0 Å². The number of rotatable bonds is 10. The number of nitrogens with zero attached hydrogens (tertiary/aromatic N) is 1.